The van der Waals surface area contributed by atoms with Crippen molar-refractivity contribution in [2.75, 3.05) is 11.9 Å². The molecule has 1 aromatic carbocycles. The van der Waals surface area contributed by atoms with Gasteiger partial charge in [-0.1, -0.05) is 29.8 Å². The molecule has 2 unspecified atom stereocenters. The maximum atomic E-state index is 12.3. The number of hydrogen-bond acceptors (Lipinski definition) is 2. The van der Waals surface area contributed by atoms with Crippen molar-refractivity contribution in [2.24, 2.45) is 5.92 Å². The van der Waals surface area contributed by atoms with Crippen molar-refractivity contribution < 1.29 is 4.79 Å². The molecule has 0 bridgehead atoms. The van der Waals surface area contributed by atoms with E-state index in [1.165, 1.54) is 0 Å². The number of hydrogen-bond donors (Lipinski definition) is 2. The topological polar surface area (TPSA) is 41.1 Å². The summed E-state index contributed by atoms with van der Waals surface area (Å²) < 4.78 is 1.05. The summed E-state index contributed by atoms with van der Waals surface area (Å²) in [6, 6.07) is 5.93. The highest BCUT2D eigenvalue weighted by molar-refractivity contribution is 9.10. The molecule has 1 aliphatic heterocycles. The van der Waals surface area contributed by atoms with Crippen LogP contribution in [0.3, 0.4) is 0 Å². The van der Waals surface area contributed by atoms with Gasteiger partial charge >= 0.3 is 0 Å². The Bertz CT molecular complexity index is 461. The number of aryl methyl sites for hydroxylation is 1. The second-order valence-electron chi connectivity index (χ2n) is 5.20. The molecule has 1 aliphatic rings. The number of carbonyl (C=O) groups is 1. The standard InChI is InChI=1S/C15H21BrN2O/c1-3-11-9-12(16)6-7-13(11)18-15(19)14-10(2)5-4-8-17-14/h6-7,9-10,14,17H,3-5,8H2,1-2H3,(H,18,19). The lowest BCUT2D eigenvalue weighted by atomic mass is 9.92. The summed E-state index contributed by atoms with van der Waals surface area (Å²) in [6.45, 7) is 5.17. The average molecular weight is 325 g/mol. The third-order valence-electron chi connectivity index (χ3n) is 3.76. The van der Waals surface area contributed by atoms with Gasteiger partial charge in [0.2, 0.25) is 5.91 Å². The summed E-state index contributed by atoms with van der Waals surface area (Å²) in [5, 5.41) is 6.38. The van der Waals surface area contributed by atoms with Crippen LogP contribution in [0.1, 0.15) is 32.3 Å². The third kappa shape index (κ3) is 3.57. The monoisotopic (exact) mass is 324 g/mol. The van der Waals surface area contributed by atoms with E-state index in [9.17, 15) is 4.79 Å². The number of benzene rings is 1. The van der Waals surface area contributed by atoms with Crippen molar-refractivity contribution in [1.29, 1.82) is 0 Å². The number of piperidine rings is 1. The van der Waals surface area contributed by atoms with Gasteiger partial charge in [0.25, 0.3) is 0 Å². The first-order chi connectivity index (χ1) is 9.11. The summed E-state index contributed by atoms with van der Waals surface area (Å²) in [4.78, 5) is 12.3. The Morgan fingerprint density at radius 3 is 3.00 bits per heavy atom. The normalized spacial score (nSPS) is 23.1. The molecular formula is C15H21BrN2O. The van der Waals surface area contributed by atoms with Crippen molar-refractivity contribution in [3.8, 4) is 0 Å². The number of anilines is 1. The van der Waals surface area contributed by atoms with Gasteiger partial charge in [-0.25, -0.2) is 0 Å². The van der Waals surface area contributed by atoms with Crippen LogP contribution in [-0.4, -0.2) is 18.5 Å². The first kappa shape index (κ1) is 14.5. The summed E-state index contributed by atoms with van der Waals surface area (Å²) in [7, 11) is 0. The number of nitrogens with one attached hydrogen (secondary N) is 2. The Balaban J connectivity index is 2.10. The molecule has 1 aromatic rings. The Morgan fingerprint density at radius 1 is 1.53 bits per heavy atom. The van der Waals surface area contributed by atoms with Gasteiger partial charge in [0.1, 0.15) is 0 Å². The fourth-order valence-electron chi connectivity index (χ4n) is 2.59. The van der Waals surface area contributed by atoms with Crippen LogP contribution < -0.4 is 10.6 Å². The largest absolute Gasteiger partial charge is 0.324 e. The zero-order valence-corrected chi connectivity index (χ0v) is 13.1. The summed E-state index contributed by atoms with van der Waals surface area (Å²) in [5.74, 6) is 0.485. The Labute approximate surface area is 123 Å². The fourth-order valence-corrected chi connectivity index (χ4v) is 3.00. The van der Waals surface area contributed by atoms with Crippen molar-refractivity contribution in [3.05, 3.63) is 28.2 Å². The van der Waals surface area contributed by atoms with E-state index in [0.29, 0.717) is 5.92 Å². The van der Waals surface area contributed by atoms with Gasteiger partial charge in [-0.15, -0.1) is 0 Å². The molecule has 19 heavy (non-hydrogen) atoms. The number of halogens is 1. The summed E-state index contributed by atoms with van der Waals surface area (Å²) in [5.41, 5.74) is 2.08. The van der Waals surface area contributed by atoms with Crippen molar-refractivity contribution >= 4 is 27.5 Å². The van der Waals surface area contributed by atoms with E-state index in [1.54, 1.807) is 0 Å². The first-order valence-corrected chi connectivity index (χ1v) is 7.73. The molecule has 2 atom stereocenters. The Kier molecular flexibility index (Phi) is 4.99. The minimum atomic E-state index is -0.0675. The van der Waals surface area contributed by atoms with E-state index in [0.717, 1.165) is 41.5 Å². The highest BCUT2D eigenvalue weighted by Gasteiger charge is 2.27. The molecule has 0 aliphatic carbocycles. The number of amides is 1. The SMILES string of the molecule is CCc1cc(Br)ccc1NC(=O)C1NCCCC1C. The highest BCUT2D eigenvalue weighted by atomic mass is 79.9. The fraction of sp³-hybridized carbons (Fsp3) is 0.533. The molecule has 0 spiro atoms. The van der Waals surface area contributed by atoms with Crippen LogP contribution in [0.4, 0.5) is 5.69 Å². The van der Waals surface area contributed by atoms with Gasteiger partial charge in [0, 0.05) is 10.2 Å². The Morgan fingerprint density at radius 2 is 2.32 bits per heavy atom. The molecule has 104 valence electrons. The summed E-state index contributed by atoms with van der Waals surface area (Å²) >= 11 is 3.46. The number of rotatable bonds is 3. The molecule has 0 saturated carbocycles. The lowest BCUT2D eigenvalue weighted by Gasteiger charge is -2.29. The molecule has 1 amide bonds. The van der Waals surface area contributed by atoms with Gasteiger partial charge in [0.05, 0.1) is 6.04 Å². The maximum absolute atomic E-state index is 12.3. The molecule has 1 fully saturated rings. The smallest absolute Gasteiger partial charge is 0.241 e. The predicted molar refractivity (Wildman–Crippen MR) is 82.3 cm³/mol. The molecule has 0 radical (unpaired) electrons. The molecular weight excluding hydrogens is 304 g/mol. The quantitative estimate of drug-likeness (QED) is 0.895. The zero-order chi connectivity index (χ0) is 13.8. The molecule has 1 heterocycles. The van der Waals surface area contributed by atoms with E-state index in [-0.39, 0.29) is 11.9 Å². The molecule has 3 nitrogen and oxygen atoms in total. The van der Waals surface area contributed by atoms with Crippen molar-refractivity contribution in [2.45, 2.75) is 39.2 Å². The van der Waals surface area contributed by atoms with Crippen LogP contribution in [0, 0.1) is 5.92 Å². The minimum Gasteiger partial charge on any atom is -0.324 e. The molecule has 0 aromatic heterocycles. The maximum Gasteiger partial charge on any atom is 0.241 e. The Hall–Kier alpha value is -0.870. The second kappa shape index (κ2) is 6.53. The van der Waals surface area contributed by atoms with E-state index in [2.05, 4.69) is 46.5 Å². The minimum absolute atomic E-state index is 0.0675. The second-order valence-corrected chi connectivity index (χ2v) is 6.11. The van der Waals surface area contributed by atoms with Gasteiger partial charge in [-0.05, 0) is 55.5 Å². The summed E-state index contributed by atoms with van der Waals surface area (Å²) in [6.07, 6.45) is 3.18. The van der Waals surface area contributed by atoms with Crippen LogP contribution >= 0.6 is 15.9 Å². The van der Waals surface area contributed by atoms with Gasteiger partial charge in [-0.3, -0.25) is 4.79 Å². The number of carbonyl (C=O) groups excluding carboxylic acids is 1. The lowest BCUT2D eigenvalue weighted by Crippen LogP contribution is -2.48. The molecule has 1 saturated heterocycles. The lowest BCUT2D eigenvalue weighted by molar-refractivity contribution is -0.119. The van der Waals surface area contributed by atoms with E-state index >= 15 is 0 Å². The zero-order valence-electron chi connectivity index (χ0n) is 11.5. The van der Waals surface area contributed by atoms with Crippen LogP contribution in [0.15, 0.2) is 22.7 Å². The van der Waals surface area contributed by atoms with Gasteiger partial charge < -0.3 is 10.6 Å². The molecule has 2 rings (SSSR count). The molecule has 4 heteroatoms. The van der Waals surface area contributed by atoms with Crippen LogP contribution in [0.2, 0.25) is 0 Å². The van der Waals surface area contributed by atoms with Gasteiger partial charge in [0.15, 0.2) is 0 Å². The van der Waals surface area contributed by atoms with Crippen LogP contribution in [0.25, 0.3) is 0 Å². The van der Waals surface area contributed by atoms with Crippen molar-refractivity contribution in [3.63, 3.8) is 0 Å². The van der Waals surface area contributed by atoms with E-state index in [1.807, 2.05) is 12.1 Å². The molecule has 2 N–H and O–H groups in total. The van der Waals surface area contributed by atoms with Crippen LogP contribution in [0.5, 0.6) is 0 Å². The van der Waals surface area contributed by atoms with E-state index < -0.39 is 0 Å². The first-order valence-electron chi connectivity index (χ1n) is 6.94. The van der Waals surface area contributed by atoms with Crippen LogP contribution in [-0.2, 0) is 11.2 Å². The predicted octanol–water partition coefficient (Wildman–Crippen LogP) is 3.34. The average Bonchev–Trinajstić information content (AvgIpc) is 2.41. The van der Waals surface area contributed by atoms with Gasteiger partial charge in [-0.2, -0.15) is 0 Å². The van der Waals surface area contributed by atoms with Crippen molar-refractivity contribution in [1.82, 2.24) is 5.32 Å². The highest BCUT2D eigenvalue weighted by Crippen LogP contribution is 2.23. The third-order valence-corrected chi connectivity index (χ3v) is 4.25. The van der Waals surface area contributed by atoms with E-state index in [4.69, 9.17) is 0 Å².